The summed E-state index contributed by atoms with van der Waals surface area (Å²) in [6.07, 6.45) is -26.3. The van der Waals surface area contributed by atoms with Gasteiger partial charge in [-0.15, -0.1) is 0 Å². The van der Waals surface area contributed by atoms with E-state index in [1.54, 1.807) is 6.92 Å². The molecule has 3 saturated carbocycles. The van der Waals surface area contributed by atoms with Crippen LogP contribution in [0.4, 0.5) is 0 Å². The molecule has 0 spiro atoms. The van der Waals surface area contributed by atoms with Gasteiger partial charge in [-0.05, 0) is 99.2 Å². The molecule has 0 amide bonds. The summed E-state index contributed by atoms with van der Waals surface area (Å²) in [5.41, 5.74) is -1.24. The molecule has 4 heterocycles. The van der Waals surface area contributed by atoms with Crippen LogP contribution in [0.15, 0.2) is 11.6 Å². The lowest BCUT2D eigenvalue weighted by atomic mass is 9.47. The van der Waals surface area contributed by atoms with Crippen LogP contribution >= 0.6 is 0 Å². The average Bonchev–Trinajstić information content (AvgIpc) is 3.69. The molecule has 0 aromatic rings. The van der Waals surface area contributed by atoms with Gasteiger partial charge in [0, 0.05) is 12.8 Å². The number of ether oxygens (including phenoxy) is 8. The Morgan fingerprint density at radius 2 is 1.41 bits per heavy atom. The summed E-state index contributed by atoms with van der Waals surface area (Å²) >= 11 is 0. The summed E-state index contributed by atoms with van der Waals surface area (Å²) in [5, 5.41) is 121. The van der Waals surface area contributed by atoms with Crippen LogP contribution in [0.2, 0.25) is 0 Å². The third kappa shape index (κ3) is 11.6. The first kappa shape index (κ1) is 58.7. The maximum atomic E-state index is 13.1. The van der Waals surface area contributed by atoms with E-state index in [1.807, 2.05) is 13.8 Å². The van der Waals surface area contributed by atoms with Crippen LogP contribution < -0.4 is 0 Å². The molecule has 24 nitrogen and oxygen atoms in total. The minimum Gasteiger partial charge on any atom is -0.394 e. The van der Waals surface area contributed by atoms with E-state index in [0.29, 0.717) is 32.1 Å². The normalized spacial score (nSPS) is 49.8. The molecule has 7 fully saturated rings. The van der Waals surface area contributed by atoms with Crippen molar-refractivity contribution in [1.82, 2.24) is 0 Å². The summed E-state index contributed by atoms with van der Waals surface area (Å²) in [6.45, 7) is 9.44. The number of rotatable bonds is 16. The van der Waals surface area contributed by atoms with E-state index < -0.39 is 175 Å². The van der Waals surface area contributed by atoms with Crippen LogP contribution in [0.25, 0.3) is 0 Å². The Bertz CT molecular complexity index is 2080. The summed E-state index contributed by atoms with van der Waals surface area (Å²) in [4.78, 5) is 13.1. The predicted octanol–water partition coefficient (Wildman–Crippen LogP) is -1.92. The van der Waals surface area contributed by atoms with Crippen molar-refractivity contribution in [3.63, 3.8) is 0 Å². The molecule has 426 valence electrons. The number of allylic oxidation sites excluding steroid dienone is 2. The van der Waals surface area contributed by atoms with Crippen molar-refractivity contribution in [3.8, 4) is 0 Å². The Morgan fingerprint density at radius 1 is 0.757 bits per heavy atom. The number of aliphatic hydroxyl groups excluding tert-OH is 10. The van der Waals surface area contributed by atoms with Gasteiger partial charge in [-0.1, -0.05) is 39.3 Å². The molecule has 4 saturated heterocycles. The average molecular weight is 1090 g/mol. The zero-order chi connectivity index (χ0) is 54.1. The Kier molecular flexibility index (Phi) is 17.9. The molecular weight excluding hydrogens is 1000 g/mol. The van der Waals surface area contributed by atoms with Gasteiger partial charge in [0.1, 0.15) is 85.1 Å². The maximum absolute atomic E-state index is 13.1. The first-order valence-corrected chi connectivity index (χ1v) is 27.4. The highest BCUT2D eigenvalue weighted by Gasteiger charge is 2.63. The molecule has 12 N–H and O–H groups in total. The molecule has 0 bridgehead atoms. The largest absolute Gasteiger partial charge is 0.397 e. The van der Waals surface area contributed by atoms with Crippen LogP contribution in [-0.4, -0.2) is 223 Å². The lowest BCUT2D eigenvalue weighted by Gasteiger charge is -2.60. The van der Waals surface area contributed by atoms with Crippen molar-refractivity contribution in [1.29, 1.82) is 0 Å². The van der Waals surface area contributed by atoms with E-state index in [-0.39, 0.29) is 48.7 Å². The first-order chi connectivity index (χ1) is 34.6. The molecule has 74 heavy (non-hydrogen) atoms. The van der Waals surface area contributed by atoms with E-state index >= 15 is 0 Å². The molecule has 0 unspecified atom stereocenters. The van der Waals surface area contributed by atoms with E-state index in [4.69, 9.17) is 42.1 Å². The summed E-state index contributed by atoms with van der Waals surface area (Å²) in [7, 11) is -4.87. The fourth-order valence-corrected chi connectivity index (χ4v) is 14.6. The van der Waals surface area contributed by atoms with E-state index in [0.717, 1.165) is 12.0 Å². The lowest BCUT2D eigenvalue weighted by Crippen LogP contribution is -2.66. The second-order valence-electron chi connectivity index (χ2n) is 23.4. The molecule has 4 aliphatic carbocycles. The van der Waals surface area contributed by atoms with Gasteiger partial charge < -0.3 is 94.1 Å². The molecule has 8 rings (SSSR count). The quantitative estimate of drug-likeness (QED) is 0.0592. The Balaban J connectivity index is 1.07. The van der Waals surface area contributed by atoms with Crippen molar-refractivity contribution in [2.45, 2.75) is 228 Å². The van der Waals surface area contributed by atoms with E-state index in [2.05, 4.69) is 19.9 Å². The maximum Gasteiger partial charge on any atom is 0.397 e. The van der Waals surface area contributed by atoms with Gasteiger partial charge in [0.15, 0.2) is 25.2 Å². The van der Waals surface area contributed by atoms with Crippen LogP contribution in [0.5, 0.6) is 0 Å². The number of carbonyl (C=O) groups is 1. The van der Waals surface area contributed by atoms with Gasteiger partial charge in [-0.3, -0.25) is 9.35 Å². The van der Waals surface area contributed by atoms with Crippen molar-refractivity contribution in [3.05, 3.63) is 11.6 Å². The van der Waals surface area contributed by atoms with Crippen LogP contribution in [-0.2, 0) is 57.3 Å². The van der Waals surface area contributed by atoms with Gasteiger partial charge in [-0.25, -0.2) is 4.18 Å². The smallest absolute Gasteiger partial charge is 0.394 e. The van der Waals surface area contributed by atoms with E-state index in [9.17, 15) is 73.9 Å². The lowest BCUT2D eigenvalue weighted by molar-refractivity contribution is -0.389. The van der Waals surface area contributed by atoms with Crippen LogP contribution in [0, 0.1) is 40.4 Å². The van der Waals surface area contributed by atoms with Gasteiger partial charge in [0.25, 0.3) is 0 Å². The minimum absolute atomic E-state index is 0.00150. The fraction of sp³-hybridized carbons (Fsp3) is 0.939. The molecule has 0 radical (unpaired) electrons. The molecule has 27 atom stereocenters. The second kappa shape index (κ2) is 22.6. The highest BCUT2D eigenvalue weighted by atomic mass is 32.3. The molecule has 0 aromatic heterocycles. The van der Waals surface area contributed by atoms with Crippen molar-refractivity contribution in [2.75, 3.05) is 19.8 Å². The van der Waals surface area contributed by atoms with Gasteiger partial charge in [0.2, 0.25) is 0 Å². The number of fused-ring (bicyclic) bond motifs is 5. The predicted molar refractivity (Wildman–Crippen MR) is 250 cm³/mol. The van der Waals surface area contributed by atoms with Gasteiger partial charge >= 0.3 is 10.4 Å². The Labute approximate surface area is 430 Å². The minimum atomic E-state index is -4.87. The SMILES string of the molecule is CC(C)CC(=O)C[C@](C)(O)[C@H]1CC[C@H]2[C@@H]3C[C@H](O[C@@H]4O[C@H](CO)[C@@H](O)[C@H](O[C@@H]5OC[C@@H](O[C@@H]6OC[C@@H](O)[C@H](O)[C@H]6O)[C@H](O)[C@H]5O[C@@H]5O[C@H](C)[C@@H](O)[C@H](O)[C@H]5O)[C@H]4O)[C@H]4C[C@@H](OS(=O)(=O)O)CC[C@]4(C)C3=CC[C@@]21C. The van der Waals surface area contributed by atoms with Crippen molar-refractivity contribution < 1.29 is 116 Å². The van der Waals surface area contributed by atoms with Crippen LogP contribution in [0.3, 0.4) is 0 Å². The van der Waals surface area contributed by atoms with Gasteiger partial charge in [-0.2, -0.15) is 8.42 Å². The molecule has 8 aliphatic rings. The summed E-state index contributed by atoms with van der Waals surface area (Å²) in [5.74, 6) is -0.783. The molecule has 25 heteroatoms. The number of ketones is 1. The number of carbonyl (C=O) groups excluding carboxylic acids is 1. The standard InChI is InChI=1S/C49H80O24S/c1-20(2)13-22(51)16-49(6,61)32-8-7-25-24-15-29(27-14-23(73-74(62,63)64)9-11-47(27,4)26(24)10-12-48(25,32)5)68-45-40(60)41(35(55)30(17-50)69-45)71-46-42(72-44-39(59)37(57)33(53)21(3)67-44)36(56)31(19-66-46)70-43-38(58)34(54)28(52)18-65-43/h10,20-21,23-25,27-46,50,52-61H,7-9,11-19H2,1-6H3,(H,62,63,64)/t21-,23+,24+,25+,27-,28-,29+,30-,31-,32+,33-,34+,35-,36+,37+,38-,39-,40-,41+,42-,43+,44+,45-,46+,47-,48+,49+/m1/s1. The van der Waals surface area contributed by atoms with E-state index in [1.165, 1.54) is 6.92 Å². The number of hydrogen-bond acceptors (Lipinski definition) is 23. The van der Waals surface area contributed by atoms with Crippen molar-refractivity contribution >= 4 is 16.2 Å². The second-order valence-corrected chi connectivity index (χ2v) is 24.5. The molecule has 4 aliphatic heterocycles. The Morgan fingerprint density at radius 3 is 2.08 bits per heavy atom. The first-order valence-electron chi connectivity index (χ1n) is 26.1. The molecule has 0 aromatic carbocycles. The third-order valence-electron chi connectivity index (χ3n) is 17.9. The molecular formula is C49H80O24S. The highest BCUT2D eigenvalue weighted by Crippen LogP contribution is 2.67. The van der Waals surface area contributed by atoms with Gasteiger partial charge in [0.05, 0.1) is 43.7 Å². The number of Topliss-reactive ketones (excluding diaryl/α,β-unsaturated/α-hetero) is 1. The Hall–Kier alpha value is -1.48. The topological polar surface area (TPSA) is 377 Å². The highest BCUT2D eigenvalue weighted by molar-refractivity contribution is 7.80. The third-order valence-corrected chi connectivity index (χ3v) is 18.4. The van der Waals surface area contributed by atoms with Crippen LogP contribution in [0.1, 0.15) is 99.3 Å². The number of aliphatic hydroxyl groups is 11. The summed E-state index contributed by atoms with van der Waals surface area (Å²) < 4.78 is 87.1. The monoisotopic (exact) mass is 1080 g/mol. The van der Waals surface area contributed by atoms with Crippen molar-refractivity contribution in [2.24, 2.45) is 40.4 Å². The zero-order valence-corrected chi connectivity index (χ0v) is 43.5. The zero-order valence-electron chi connectivity index (χ0n) is 42.7. The number of hydrogen-bond donors (Lipinski definition) is 12. The fourth-order valence-electron chi connectivity index (χ4n) is 14.1. The summed E-state index contributed by atoms with van der Waals surface area (Å²) in [6, 6.07) is 0.